The number of aromatic nitrogens is 3. The standard InChI is InChI=1S/C25H20ClF4N3O2S/c1-15-16(6-4-7-19(15)25(28,29)30)9-10-18(34)14-33-24(35)32(13-17-5-2-3-8-20(17)27)23(31-33)21-11-12-22(26)36-21/h2-8,11-12H,9-10,13-14H2,1H3. The van der Waals surface area contributed by atoms with Crippen LogP contribution in [0.5, 0.6) is 0 Å². The number of benzene rings is 2. The van der Waals surface area contributed by atoms with Crippen LogP contribution >= 0.6 is 22.9 Å². The first-order valence-corrected chi connectivity index (χ1v) is 12.1. The lowest BCUT2D eigenvalue weighted by atomic mass is 9.97. The van der Waals surface area contributed by atoms with E-state index in [1.807, 2.05) is 0 Å². The van der Waals surface area contributed by atoms with Crippen molar-refractivity contribution in [2.45, 2.75) is 39.0 Å². The highest BCUT2D eigenvalue weighted by Crippen LogP contribution is 2.33. The summed E-state index contributed by atoms with van der Waals surface area (Å²) in [6, 6.07) is 13.2. The van der Waals surface area contributed by atoms with Crippen molar-refractivity contribution in [3.05, 3.63) is 97.5 Å². The van der Waals surface area contributed by atoms with Crippen LogP contribution < -0.4 is 5.69 Å². The molecule has 2 aromatic heterocycles. The van der Waals surface area contributed by atoms with Crippen molar-refractivity contribution in [2.75, 3.05) is 0 Å². The summed E-state index contributed by atoms with van der Waals surface area (Å²) in [5, 5.41) is 4.30. The van der Waals surface area contributed by atoms with Crippen LogP contribution in [0.15, 0.2) is 59.4 Å². The van der Waals surface area contributed by atoms with Crippen molar-refractivity contribution in [3.8, 4) is 10.7 Å². The van der Waals surface area contributed by atoms with E-state index >= 15 is 0 Å². The van der Waals surface area contributed by atoms with Crippen LogP contribution in [0.25, 0.3) is 10.7 Å². The quantitative estimate of drug-likeness (QED) is 0.254. The molecule has 0 N–H and O–H groups in total. The summed E-state index contributed by atoms with van der Waals surface area (Å²) in [5.41, 5.74) is -0.601. The van der Waals surface area contributed by atoms with Crippen molar-refractivity contribution in [1.29, 1.82) is 0 Å². The third kappa shape index (κ3) is 5.60. The monoisotopic (exact) mass is 537 g/mol. The first kappa shape index (κ1) is 25.8. The number of hydrogen-bond acceptors (Lipinski definition) is 4. The number of thiophene rings is 1. The first-order chi connectivity index (χ1) is 17.0. The largest absolute Gasteiger partial charge is 0.416 e. The molecule has 4 rings (SSSR count). The number of carbonyl (C=O) groups excluding carboxylic acids is 1. The van der Waals surface area contributed by atoms with Gasteiger partial charge in [-0.05, 0) is 48.7 Å². The molecule has 0 aliphatic carbocycles. The summed E-state index contributed by atoms with van der Waals surface area (Å²) >= 11 is 7.22. The van der Waals surface area contributed by atoms with Crippen LogP contribution in [0, 0.1) is 12.7 Å². The molecular weight excluding hydrogens is 518 g/mol. The number of aryl methyl sites for hydroxylation is 1. The number of halogens is 5. The van der Waals surface area contributed by atoms with E-state index in [2.05, 4.69) is 5.10 Å². The van der Waals surface area contributed by atoms with E-state index < -0.39 is 23.2 Å². The lowest BCUT2D eigenvalue weighted by Crippen LogP contribution is -2.28. The van der Waals surface area contributed by atoms with E-state index in [0.29, 0.717) is 14.8 Å². The van der Waals surface area contributed by atoms with E-state index in [4.69, 9.17) is 11.6 Å². The van der Waals surface area contributed by atoms with Gasteiger partial charge in [-0.25, -0.2) is 13.9 Å². The number of carbonyl (C=O) groups is 1. The molecule has 0 aliphatic rings. The van der Waals surface area contributed by atoms with E-state index in [-0.39, 0.29) is 48.7 Å². The average Bonchev–Trinajstić information content (AvgIpc) is 3.37. The number of ketones is 1. The first-order valence-electron chi connectivity index (χ1n) is 10.9. The molecule has 0 atom stereocenters. The minimum absolute atomic E-state index is 0.0704. The van der Waals surface area contributed by atoms with Crippen LogP contribution in [0.1, 0.15) is 28.7 Å². The zero-order valence-corrected chi connectivity index (χ0v) is 20.6. The Morgan fingerprint density at radius 3 is 2.44 bits per heavy atom. The Labute approximate surface area is 212 Å². The third-order valence-electron chi connectivity index (χ3n) is 5.75. The Morgan fingerprint density at radius 2 is 1.78 bits per heavy atom. The summed E-state index contributed by atoms with van der Waals surface area (Å²) in [6.45, 7) is 0.900. The lowest BCUT2D eigenvalue weighted by Gasteiger charge is -2.13. The van der Waals surface area contributed by atoms with Gasteiger partial charge in [-0.1, -0.05) is 41.9 Å². The summed E-state index contributed by atoms with van der Waals surface area (Å²) in [6.07, 6.45) is -4.47. The maximum Gasteiger partial charge on any atom is 0.416 e. The smallest absolute Gasteiger partial charge is 0.298 e. The summed E-state index contributed by atoms with van der Waals surface area (Å²) in [5.74, 6) is -0.623. The van der Waals surface area contributed by atoms with Crippen molar-refractivity contribution < 1.29 is 22.4 Å². The van der Waals surface area contributed by atoms with Crippen LogP contribution in [0.3, 0.4) is 0 Å². The van der Waals surface area contributed by atoms with Gasteiger partial charge >= 0.3 is 11.9 Å². The number of alkyl halides is 3. The molecule has 0 saturated carbocycles. The minimum Gasteiger partial charge on any atom is -0.298 e. The molecule has 0 amide bonds. The fourth-order valence-electron chi connectivity index (χ4n) is 3.88. The Bertz CT molecular complexity index is 1470. The summed E-state index contributed by atoms with van der Waals surface area (Å²) in [4.78, 5) is 26.4. The van der Waals surface area contributed by atoms with Gasteiger partial charge in [-0.15, -0.1) is 16.4 Å². The molecule has 0 saturated heterocycles. The van der Waals surface area contributed by atoms with Crippen molar-refractivity contribution in [2.24, 2.45) is 0 Å². The summed E-state index contributed by atoms with van der Waals surface area (Å²) in [7, 11) is 0. The Morgan fingerprint density at radius 1 is 1.06 bits per heavy atom. The molecule has 36 heavy (non-hydrogen) atoms. The molecule has 0 unspecified atom stereocenters. The molecular formula is C25H20ClF4N3O2S. The molecule has 11 heteroatoms. The second kappa shape index (κ2) is 10.4. The van der Waals surface area contributed by atoms with Gasteiger partial charge in [0.2, 0.25) is 0 Å². The van der Waals surface area contributed by atoms with Crippen LogP contribution in [-0.4, -0.2) is 20.1 Å². The molecule has 0 radical (unpaired) electrons. The number of Topliss-reactive ketones (excluding diaryl/α,β-unsaturated/α-hetero) is 1. The van der Waals surface area contributed by atoms with E-state index in [1.54, 1.807) is 30.3 Å². The summed E-state index contributed by atoms with van der Waals surface area (Å²) < 4.78 is 56.5. The fourth-order valence-corrected chi connectivity index (χ4v) is 4.92. The van der Waals surface area contributed by atoms with Crippen molar-refractivity contribution >= 4 is 28.7 Å². The predicted octanol–water partition coefficient (Wildman–Crippen LogP) is 6.14. The maximum absolute atomic E-state index is 14.3. The topological polar surface area (TPSA) is 56.9 Å². The van der Waals surface area contributed by atoms with Crippen LogP contribution in [0.4, 0.5) is 17.6 Å². The average molecular weight is 538 g/mol. The van der Waals surface area contributed by atoms with Crippen LogP contribution in [-0.2, 0) is 30.5 Å². The Kier molecular flexibility index (Phi) is 7.46. The molecule has 2 heterocycles. The zero-order valence-electron chi connectivity index (χ0n) is 19.0. The Hall–Kier alpha value is -3.24. The van der Waals surface area contributed by atoms with Gasteiger partial charge in [-0.3, -0.25) is 9.36 Å². The molecule has 4 aromatic rings. The van der Waals surface area contributed by atoms with Gasteiger partial charge in [0.05, 0.1) is 21.3 Å². The van der Waals surface area contributed by atoms with Gasteiger partial charge in [0.25, 0.3) is 0 Å². The number of nitrogens with zero attached hydrogens (tertiary/aromatic N) is 3. The molecule has 0 fully saturated rings. The second-order valence-corrected chi connectivity index (χ2v) is 9.89. The van der Waals surface area contributed by atoms with Gasteiger partial charge in [0.15, 0.2) is 11.6 Å². The maximum atomic E-state index is 14.3. The highest BCUT2D eigenvalue weighted by atomic mass is 35.5. The van der Waals surface area contributed by atoms with Gasteiger partial charge in [0.1, 0.15) is 12.4 Å². The third-order valence-corrected chi connectivity index (χ3v) is 6.98. The highest BCUT2D eigenvalue weighted by Gasteiger charge is 2.32. The lowest BCUT2D eigenvalue weighted by molar-refractivity contribution is -0.138. The predicted molar refractivity (Wildman–Crippen MR) is 130 cm³/mol. The molecule has 188 valence electrons. The minimum atomic E-state index is -4.48. The zero-order chi connectivity index (χ0) is 26.0. The number of hydrogen-bond donors (Lipinski definition) is 0. The molecule has 0 bridgehead atoms. The van der Waals surface area contributed by atoms with E-state index in [1.165, 1.54) is 41.0 Å². The van der Waals surface area contributed by atoms with Gasteiger partial charge in [-0.2, -0.15) is 13.2 Å². The Balaban J connectivity index is 1.57. The van der Waals surface area contributed by atoms with Crippen LogP contribution in [0.2, 0.25) is 4.34 Å². The molecule has 0 spiro atoms. The van der Waals surface area contributed by atoms with E-state index in [0.717, 1.165) is 10.7 Å². The highest BCUT2D eigenvalue weighted by molar-refractivity contribution is 7.19. The SMILES string of the molecule is Cc1c(CCC(=O)Cn2nc(-c3ccc(Cl)s3)n(Cc3ccccc3F)c2=O)cccc1C(F)(F)F. The van der Waals surface area contributed by atoms with Gasteiger partial charge in [0, 0.05) is 12.0 Å². The number of rotatable bonds is 8. The van der Waals surface area contributed by atoms with Gasteiger partial charge < -0.3 is 0 Å². The van der Waals surface area contributed by atoms with Crippen molar-refractivity contribution in [1.82, 2.24) is 14.3 Å². The molecule has 0 aliphatic heterocycles. The second-order valence-electron chi connectivity index (χ2n) is 8.17. The molecule has 2 aromatic carbocycles. The van der Waals surface area contributed by atoms with Crippen molar-refractivity contribution in [3.63, 3.8) is 0 Å². The fraction of sp³-hybridized carbons (Fsp3) is 0.240. The molecule has 5 nitrogen and oxygen atoms in total. The normalized spacial score (nSPS) is 11.7. The van der Waals surface area contributed by atoms with E-state index in [9.17, 15) is 27.2 Å².